The smallest absolute Gasteiger partial charge is 0.317 e. The maximum absolute atomic E-state index is 11.2. The minimum atomic E-state index is -0.0896. The minimum absolute atomic E-state index is 0.0896. The number of aromatic nitrogens is 2. The average Bonchev–Trinajstić information content (AvgIpc) is 2.44. The SMILES string of the molecule is Cc1c(CNC(=O)N(C)C)cnn1C. The molecule has 0 aliphatic carbocycles. The van der Waals surface area contributed by atoms with Gasteiger partial charge >= 0.3 is 6.03 Å². The van der Waals surface area contributed by atoms with Crippen molar-refractivity contribution in [1.29, 1.82) is 0 Å². The summed E-state index contributed by atoms with van der Waals surface area (Å²) in [5, 5.41) is 6.88. The van der Waals surface area contributed by atoms with Crippen LogP contribution in [0.2, 0.25) is 0 Å². The Bertz CT molecular complexity index is 330. The molecule has 0 aliphatic rings. The predicted molar refractivity (Wildman–Crippen MR) is 53.9 cm³/mol. The number of hydrogen-bond donors (Lipinski definition) is 1. The molecule has 0 radical (unpaired) electrons. The largest absolute Gasteiger partial charge is 0.334 e. The number of nitrogens with zero attached hydrogens (tertiary/aromatic N) is 3. The van der Waals surface area contributed by atoms with Gasteiger partial charge in [0, 0.05) is 38.9 Å². The zero-order valence-corrected chi connectivity index (χ0v) is 9.03. The Hall–Kier alpha value is -1.52. The first-order chi connectivity index (χ1) is 6.52. The van der Waals surface area contributed by atoms with E-state index in [1.807, 2.05) is 14.0 Å². The van der Waals surface area contributed by atoms with Crippen LogP contribution in [0.4, 0.5) is 4.79 Å². The predicted octanol–water partition coefficient (Wildman–Crippen LogP) is 0.500. The quantitative estimate of drug-likeness (QED) is 0.748. The van der Waals surface area contributed by atoms with Gasteiger partial charge in [-0.15, -0.1) is 0 Å². The molecule has 1 rings (SSSR count). The van der Waals surface area contributed by atoms with Crippen molar-refractivity contribution in [3.05, 3.63) is 17.5 Å². The van der Waals surface area contributed by atoms with E-state index in [9.17, 15) is 4.79 Å². The molecule has 0 aromatic carbocycles. The van der Waals surface area contributed by atoms with Crippen LogP contribution in [0.25, 0.3) is 0 Å². The molecule has 1 aromatic rings. The lowest BCUT2D eigenvalue weighted by Gasteiger charge is -2.11. The van der Waals surface area contributed by atoms with E-state index < -0.39 is 0 Å². The van der Waals surface area contributed by atoms with Crippen LogP contribution < -0.4 is 5.32 Å². The number of amides is 2. The summed E-state index contributed by atoms with van der Waals surface area (Å²) in [5.74, 6) is 0. The standard InChI is InChI=1S/C9H16N4O/c1-7-8(6-11-13(7)4)5-10-9(14)12(2)3/h6H,5H2,1-4H3,(H,10,14). The van der Waals surface area contributed by atoms with Crippen LogP contribution in [0, 0.1) is 6.92 Å². The Morgan fingerprint density at radius 2 is 2.29 bits per heavy atom. The van der Waals surface area contributed by atoms with E-state index in [2.05, 4.69) is 10.4 Å². The van der Waals surface area contributed by atoms with Gasteiger partial charge in [-0.3, -0.25) is 4.68 Å². The molecule has 0 bridgehead atoms. The summed E-state index contributed by atoms with van der Waals surface area (Å²) in [6, 6.07) is -0.0896. The number of nitrogens with one attached hydrogen (secondary N) is 1. The van der Waals surface area contributed by atoms with Crippen LogP contribution in [0.3, 0.4) is 0 Å². The lowest BCUT2D eigenvalue weighted by atomic mass is 10.2. The fourth-order valence-electron chi connectivity index (χ4n) is 1.05. The molecule has 14 heavy (non-hydrogen) atoms. The summed E-state index contributed by atoms with van der Waals surface area (Å²) in [6.07, 6.45) is 1.77. The molecular weight excluding hydrogens is 180 g/mol. The fraction of sp³-hybridized carbons (Fsp3) is 0.556. The van der Waals surface area contributed by atoms with Crippen LogP contribution >= 0.6 is 0 Å². The summed E-state index contributed by atoms with van der Waals surface area (Å²) < 4.78 is 1.79. The van der Waals surface area contributed by atoms with Crippen molar-refractivity contribution in [2.24, 2.45) is 7.05 Å². The summed E-state index contributed by atoms with van der Waals surface area (Å²) in [4.78, 5) is 12.7. The molecule has 1 heterocycles. The molecule has 0 atom stereocenters. The number of urea groups is 1. The molecule has 78 valence electrons. The summed E-state index contributed by atoms with van der Waals surface area (Å²) in [5.41, 5.74) is 2.12. The van der Waals surface area contributed by atoms with Gasteiger partial charge in [0.15, 0.2) is 0 Å². The Kier molecular flexibility index (Phi) is 3.11. The van der Waals surface area contributed by atoms with Crippen molar-refractivity contribution in [1.82, 2.24) is 20.0 Å². The molecule has 1 N–H and O–H groups in total. The molecule has 5 heteroatoms. The Balaban J connectivity index is 2.54. The van der Waals surface area contributed by atoms with Crippen molar-refractivity contribution in [3.63, 3.8) is 0 Å². The maximum atomic E-state index is 11.2. The minimum Gasteiger partial charge on any atom is -0.334 e. The van der Waals surface area contributed by atoms with E-state index in [4.69, 9.17) is 0 Å². The van der Waals surface area contributed by atoms with E-state index in [1.165, 1.54) is 4.90 Å². The van der Waals surface area contributed by atoms with Gasteiger partial charge < -0.3 is 10.2 Å². The maximum Gasteiger partial charge on any atom is 0.317 e. The van der Waals surface area contributed by atoms with Gasteiger partial charge in [-0.2, -0.15) is 5.10 Å². The van der Waals surface area contributed by atoms with Gasteiger partial charge in [-0.25, -0.2) is 4.79 Å². The summed E-state index contributed by atoms with van der Waals surface area (Å²) in [6.45, 7) is 2.50. The van der Waals surface area contributed by atoms with Crippen molar-refractivity contribution in [2.75, 3.05) is 14.1 Å². The number of hydrogen-bond acceptors (Lipinski definition) is 2. The second-order valence-corrected chi connectivity index (χ2v) is 3.43. The van der Waals surface area contributed by atoms with E-state index >= 15 is 0 Å². The van der Waals surface area contributed by atoms with Gasteiger partial charge in [-0.05, 0) is 6.92 Å². The third kappa shape index (κ3) is 2.25. The number of carbonyl (C=O) groups excluding carboxylic acids is 1. The van der Waals surface area contributed by atoms with Gasteiger partial charge in [0.25, 0.3) is 0 Å². The van der Waals surface area contributed by atoms with E-state index in [-0.39, 0.29) is 6.03 Å². The molecule has 5 nitrogen and oxygen atoms in total. The molecule has 0 saturated heterocycles. The van der Waals surface area contributed by atoms with Crippen LogP contribution in [-0.2, 0) is 13.6 Å². The lowest BCUT2D eigenvalue weighted by Crippen LogP contribution is -2.34. The highest BCUT2D eigenvalue weighted by atomic mass is 16.2. The van der Waals surface area contributed by atoms with Gasteiger partial charge in [0.05, 0.1) is 6.20 Å². The van der Waals surface area contributed by atoms with Gasteiger partial charge in [0.2, 0.25) is 0 Å². The van der Waals surface area contributed by atoms with Crippen LogP contribution in [0.1, 0.15) is 11.3 Å². The second kappa shape index (κ2) is 4.13. The van der Waals surface area contributed by atoms with Crippen LogP contribution in [0.15, 0.2) is 6.20 Å². The summed E-state index contributed by atoms with van der Waals surface area (Å²) >= 11 is 0. The third-order valence-electron chi connectivity index (χ3n) is 2.17. The first-order valence-electron chi connectivity index (χ1n) is 4.45. The fourth-order valence-corrected chi connectivity index (χ4v) is 1.05. The lowest BCUT2D eigenvalue weighted by molar-refractivity contribution is 0.217. The molecule has 0 aliphatic heterocycles. The van der Waals surface area contributed by atoms with E-state index in [0.29, 0.717) is 6.54 Å². The molecule has 0 saturated carbocycles. The molecule has 0 unspecified atom stereocenters. The first-order valence-corrected chi connectivity index (χ1v) is 4.45. The highest BCUT2D eigenvalue weighted by Crippen LogP contribution is 2.04. The van der Waals surface area contributed by atoms with E-state index in [0.717, 1.165) is 11.3 Å². The van der Waals surface area contributed by atoms with E-state index in [1.54, 1.807) is 25.0 Å². The number of carbonyl (C=O) groups is 1. The first kappa shape index (κ1) is 10.6. The topological polar surface area (TPSA) is 50.2 Å². The second-order valence-electron chi connectivity index (χ2n) is 3.43. The van der Waals surface area contributed by atoms with Crippen LogP contribution in [0.5, 0.6) is 0 Å². The Morgan fingerprint density at radius 1 is 1.64 bits per heavy atom. The third-order valence-corrected chi connectivity index (χ3v) is 2.17. The van der Waals surface area contributed by atoms with Crippen LogP contribution in [-0.4, -0.2) is 34.8 Å². The molecule has 0 fully saturated rings. The van der Waals surface area contributed by atoms with Crippen molar-refractivity contribution in [3.8, 4) is 0 Å². The van der Waals surface area contributed by atoms with Crippen molar-refractivity contribution >= 4 is 6.03 Å². The van der Waals surface area contributed by atoms with Crippen molar-refractivity contribution < 1.29 is 4.79 Å². The summed E-state index contributed by atoms with van der Waals surface area (Å²) in [7, 11) is 5.31. The number of rotatable bonds is 2. The molecule has 2 amide bonds. The van der Waals surface area contributed by atoms with Gasteiger partial charge in [-0.1, -0.05) is 0 Å². The highest BCUT2D eigenvalue weighted by Gasteiger charge is 2.06. The Morgan fingerprint density at radius 3 is 2.71 bits per heavy atom. The average molecular weight is 196 g/mol. The zero-order chi connectivity index (χ0) is 10.7. The normalized spacial score (nSPS) is 10.0. The molecule has 0 spiro atoms. The monoisotopic (exact) mass is 196 g/mol. The number of aryl methyl sites for hydroxylation is 1. The molecule has 1 aromatic heterocycles. The Labute approximate surface area is 83.7 Å². The highest BCUT2D eigenvalue weighted by molar-refractivity contribution is 5.73. The molecular formula is C9H16N4O. The van der Waals surface area contributed by atoms with Crippen molar-refractivity contribution in [2.45, 2.75) is 13.5 Å². The van der Waals surface area contributed by atoms with Gasteiger partial charge in [0.1, 0.15) is 0 Å². The zero-order valence-electron chi connectivity index (χ0n) is 9.03.